The second kappa shape index (κ2) is 9.83. The van der Waals surface area contributed by atoms with E-state index >= 15 is 0 Å². The number of rotatable bonds is 4. The molecule has 0 radical (unpaired) electrons. The number of aryl methyl sites for hydroxylation is 2. The van der Waals surface area contributed by atoms with Crippen LogP contribution in [0.2, 0.25) is 0 Å². The standard InChI is InChI=1S/C36H26N4/c1-23-19-24(2)38-35(37-23)27-13-15-28(16-14-27)36-39-33(31-17-11-25-7-3-5-9-29(25)20-31)22-34(40-36)32-18-12-26-8-4-6-10-30(26)21-32/h3-22H,1-2H3. The zero-order chi connectivity index (χ0) is 27.1. The normalized spacial score (nSPS) is 11.2. The van der Waals surface area contributed by atoms with Gasteiger partial charge in [-0.05, 0) is 59.7 Å². The molecule has 0 amide bonds. The van der Waals surface area contributed by atoms with E-state index in [9.17, 15) is 0 Å². The predicted molar refractivity (Wildman–Crippen MR) is 164 cm³/mol. The molecule has 7 rings (SSSR count). The van der Waals surface area contributed by atoms with E-state index in [-0.39, 0.29) is 0 Å². The fourth-order valence-corrected chi connectivity index (χ4v) is 5.19. The molecular weight excluding hydrogens is 488 g/mol. The lowest BCUT2D eigenvalue weighted by molar-refractivity contribution is 1.06. The zero-order valence-electron chi connectivity index (χ0n) is 22.3. The minimum atomic E-state index is 0.682. The first-order valence-corrected chi connectivity index (χ1v) is 13.4. The summed E-state index contributed by atoms with van der Waals surface area (Å²) in [6, 6.07) is 42.1. The molecule has 2 heterocycles. The van der Waals surface area contributed by atoms with Gasteiger partial charge in [0, 0.05) is 33.6 Å². The van der Waals surface area contributed by atoms with Crippen molar-refractivity contribution in [2.45, 2.75) is 13.8 Å². The van der Waals surface area contributed by atoms with Crippen LogP contribution in [0, 0.1) is 13.8 Å². The molecular formula is C36H26N4. The van der Waals surface area contributed by atoms with Crippen LogP contribution in [-0.4, -0.2) is 19.9 Å². The van der Waals surface area contributed by atoms with E-state index in [0.717, 1.165) is 50.9 Å². The molecule has 4 heteroatoms. The fourth-order valence-electron chi connectivity index (χ4n) is 5.19. The molecule has 0 aliphatic heterocycles. The van der Waals surface area contributed by atoms with E-state index in [0.29, 0.717) is 5.82 Å². The molecule has 0 aliphatic carbocycles. The molecule has 40 heavy (non-hydrogen) atoms. The molecule has 0 unspecified atom stereocenters. The fraction of sp³-hybridized carbons (Fsp3) is 0.0556. The number of benzene rings is 5. The van der Waals surface area contributed by atoms with Gasteiger partial charge in [-0.15, -0.1) is 0 Å². The van der Waals surface area contributed by atoms with Crippen molar-refractivity contribution < 1.29 is 0 Å². The lowest BCUT2D eigenvalue weighted by atomic mass is 10.0. The van der Waals surface area contributed by atoms with Gasteiger partial charge in [0.05, 0.1) is 11.4 Å². The van der Waals surface area contributed by atoms with Crippen LogP contribution in [0.15, 0.2) is 121 Å². The number of nitrogens with zero attached hydrogens (tertiary/aromatic N) is 4. The highest BCUT2D eigenvalue weighted by Crippen LogP contribution is 2.31. The Morgan fingerprint density at radius 1 is 0.350 bits per heavy atom. The third kappa shape index (κ3) is 4.61. The lowest BCUT2D eigenvalue weighted by Gasteiger charge is -2.11. The van der Waals surface area contributed by atoms with Gasteiger partial charge in [-0.2, -0.15) is 0 Å². The van der Waals surface area contributed by atoms with E-state index in [4.69, 9.17) is 9.97 Å². The second-order valence-corrected chi connectivity index (χ2v) is 10.1. The minimum absolute atomic E-state index is 0.682. The third-order valence-electron chi connectivity index (χ3n) is 7.20. The van der Waals surface area contributed by atoms with Gasteiger partial charge in [-0.1, -0.05) is 97.1 Å². The number of hydrogen-bond acceptors (Lipinski definition) is 4. The second-order valence-electron chi connectivity index (χ2n) is 10.1. The average molecular weight is 515 g/mol. The largest absolute Gasteiger partial charge is 0.233 e. The van der Waals surface area contributed by atoms with Crippen molar-refractivity contribution >= 4 is 21.5 Å². The molecule has 0 fully saturated rings. The molecule has 4 nitrogen and oxygen atoms in total. The summed E-state index contributed by atoms with van der Waals surface area (Å²) < 4.78 is 0. The van der Waals surface area contributed by atoms with Gasteiger partial charge in [-0.3, -0.25) is 0 Å². The van der Waals surface area contributed by atoms with Crippen LogP contribution in [0.3, 0.4) is 0 Å². The van der Waals surface area contributed by atoms with Gasteiger partial charge in [-0.25, -0.2) is 19.9 Å². The Labute approximate surface area is 233 Å². The number of aromatic nitrogens is 4. The van der Waals surface area contributed by atoms with Crippen LogP contribution in [0.1, 0.15) is 11.4 Å². The zero-order valence-corrected chi connectivity index (χ0v) is 22.3. The molecule has 7 aromatic rings. The molecule has 0 saturated heterocycles. The van der Waals surface area contributed by atoms with Crippen molar-refractivity contribution in [1.82, 2.24) is 19.9 Å². The van der Waals surface area contributed by atoms with Crippen LogP contribution in [0.25, 0.3) is 66.8 Å². The van der Waals surface area contributed by atoms with Crippen molar-refractivity contribution in [1.29, 1.82) is 0 Å². The maximum Gasteiger partial charge on any atom is 0.160 e. The summed E-state index contributed by atoms with van der Waals surface area (Å²) in [5.41, 5.74) is 7.72. The topological polar surface area (TPSA) is 51.6 Å². The molecule has 5 aromatic carbocycles. The summed E-state index contributed by atoms with van der Waals surface area (Å²) in [5, 5.41) is 4.79. The molecule has 0 atom stereocenters. The van der Waals surface area contributed by atoms with Crippen LogP contribution in [-0.2, 0) is 0 Å². The Bertz CT molecular complexity index is 1910. The maximum atomic E-state index is 5.06. The predicted octanol–water partition coefficient (Wildman–Crippen LogP) is 8.86. The third-order valence-corrected chi connectivity index (χ3v) is 7.20. The van der Waals surface area contributed by atoms with E-state index in [1.165, 1.54) is 21.5 Å². The highest BCUT2D eigenvalue weighted by atomic mass is 14.9. The minimum Gasteiger partial charge on any atom is -0.233 e. The monoisotopic (exact) mass is 514 g/mol. The molecule has 2 aromatic heterocycles. The van der Waals surface area contributed by atoms with Gasteiger partial charge in [0.2, 0.25) is 0 Å². The Hall–Kier alpha value is -5.22. The van der Waals surface area contributed by atoms with E-state index in [1.54, 1.807) is 0 Å². The smallest absolute Gasteiger partial charge is 0.160 e. The van der Waals surface area contributed by atoms with Gasteiger partial charge >= 0.3 is 0 Å². The van der Waals surface area contributed by atoms with Crippen LogP contribution in [0.4, 0.5) is 0 Å². The Morgan fingerprint density at radius 3 is 1.23 bits per heavy atom. The summed E-state index contributed by atoms with van der Waals surface area (Å²) >= 11 is 0. The first kappa shape index (κ1) is 23.9. The van der Waals surface area contributed by atoms with Crippen molar-refractivity contribution in [2.24, 2.45) is 0 Å². The Balaban J connectivity index is 1.37. The first-order valence-electron chi connectivity index (χ1n) is 13.4. The van der Waals surface area contributed by atoms with Crippen molar-refractivity contribution in [3.05, 3.63) is 133 Å². The van der Waals surface area contributed by atoms with Crippen molar-refractivity contribution in [3.8, 4) is 45.3 Å². The molecule has 0 saturated carbocycles. The van der Waals surface area contributed by atoms with Gasteiger partial charge in [0.1, 0.15) is 0 Å². The Morgan fingerprint density at radius 2 is 0.750 bits per heavy atom. The van der Waals surface area contributed by atoms with Gasteiger partial charge in [0.25, 0.3) is 0 Å². The first-order chi connectivity index (χ1) is 19.6. The van der Waals surface area contributed by atoms with Gasteiger partial charge < -0.3 is 0 Å². The molecule has 0 bridgehead atoms. The Kier molecular flexibility index (Phi) is 5.86. The molecule has 0 spiro atoms. The summed E-state index contributed by atoms with van der Waals surface area (Å²) in [7, 11) is 0. The van der Waals surface area contributed by atoms with E-state index in [2.05, 4.69) is 113 Å². The summed E-state index contributed by atoms with van der Waals surface area (Å²) in [6.07, 6.45) is 0. The maximum absolute atomic E-state index is 5.06. The molecule has 0 N–H and O–H groups in total. The van der Waals surface area contributed by atoms with E-state index in [1.807, 2.05) is 32.0 Å². The highest BCUT2D eigenvalue weighted by molar-refractivity contribution is 5.89. The quantitative estimate of drug-likeness (QED) is 0.235. The number of fused-ring (bicyclic) bond motifs is 2. The summed E-state index contributed by atoms with van der Waals surface area (Å²) in [5.74, 6) is 1.41. The van der Waals surface area contributed by atoms with Crippen molar-refractivity contribution in [2.75, 3.05) is 0 Å². The summed E-state index contributed by atoms with van der Waals surface area (Å²) in [4.78, 5) is 19.4. The lowest BCUT2D eigenvalue weighted by Crippen LogP contribution is -1.97. The average Bonchev–Trinajstić information content (AvgIpc) is 3.00. The molecule has 0 aliphatic rings. The van der Waals surface area contributed by atoms with Crippen molar-refractivity contribution in [3.63, 3.8) is 0 Å². The SMILES string of the molecule is Cc1cc(C)nc(-c2ccc(-c3nc(-c4ccc5ccccc5c4)cc(-c4ccc5ccccc5c4)n3)cc2)n1. The highest BCUT2D eigenvalue weighted by Gasteiger charge is 2.13. The molecule has 190 valence electrons. The van der Waals surface area contributed by atoms with E-state index < -0.39 is 0 Å². The van der Waals surface area contributed by atoms with Gasteiger partial charge in [0.15, 0.2) is 11.6 Å². The number of hydrogen-bond donors (Lipinski definition) is 0. The van der Waals surface area contributed by atoms with Crippen LogP contribution < -0.4 is 0 Å². The van der Waals surface area contributed by atoms with Crippen LogP contribution >= 0.6 is 0 Å². The summed E-state index contributed by atoms with van der Waals surface area (Å²) in [6.45, 7) is 3.99. The van der Waals surface area contributed by atoms with Crippen LogP contribution in [0.5, 0.6) is 0 Å².